The van der Waals surface area contributed by atoms with Gasteiger partial charge < -0.3 is 5.32 Å². The zero-order valence-corrected chi connectivity index (χ0v) is 14.9. The van der Waals surface area contributed by atoms with Crippen LogP contribution in [0.4, 0.5) is 0 Å². The second kappa shape index (κ2) is 7.19. The minimum Gasteiger partial charge on any atom is -0.352 e. The first-order valence-electron chi connectivity index (χ1n) is 9.14. The Morgan fingerprint density at radius 3 is 2.48 bits per heavy atom. The van der Waals surface area contributed by atoms with Gasteiger partial charge in [0.15, 0.2) is 0 Å². The van der Waals surface area contributed by atoms with Crippen molar-refractivity contribution in [2.45, 2.75) is 25.3 Å². The fourth-order valence-corrected chi connectivity index (χ4v) is 3.90. The molecule has 2 aromatic rings. The molecule has 0 aromatic heterocycles. The van der Waals surface area contributed by atoms with Crippen molar-refractivity contribution in [2.75, 3.05) is 6.54 Å². The minimum absolute atomic E-state index is 0.165. The lowest BCUT2D eigenvalue weighted by Gasteiger charge is -2.24. The van der Waals surface area contributed by atoms with Gasteiger partial charge in [0.25, 0.3) is 17.7 Å². The molecule has 1 aliphatic carbocycles. The third-order valence-corrected chi connectivity index (χ3v) is 5.16. The molecular weight excluding hydrogens is 340 g/mol. The lowest BCUT2D eigenvalue weighted by Crippen LogP contribution is -2.35. The lowest BCUT2D eigenvalue weighted by molar-refractivity contribution is -0.139. The predicted octanol–water partition coefficient (Wildman–Crippen LogP) is 2.57. The Balaban J connectivity index is 1.52. The maximum atomic E-state index is 12.8. The summed E-state index contributed by atoms with van der Waals surface area (Å²) in [6.45, 7) is 0.528. The fourth-order valence-electron chi connectivity index (χ4n) is 3.90. The summed E-state index contributed by atoms with van der Waals surface area (Å²) in [5, 5.41) is 2.97. The average molecular weight is 360 g/mol. The summed E-state index contributed by atoms with van der Waals surface area (Å²) < 4.78 is 0. The molecule has 0 bridgehead atoms. The van der Waals surface area contributed by atoms with Crippen molar-refractivity contribution in [1.29, 1.82) is 0 Å². The highest BCUT2D eigenvalue weighted by Gasteiger charge is 2.38. The lowest BCUT2D eigenvalue weighted by atomic mass is 9.99. The molecule has 0 saturated heterocycles. The van der Waals surface area contributed by atoms with Gasteiger partial charge in [0.1, 0.15) is 0 Å². The second-order valence-electron chi connectivity index (χ2n) is 6.80. The van der Waals surface area contributed by atoms with Crippen LogP contribution in [0.3, 0.4) is 0 Å². The number of nitrogens with zero attached hydrogens (tertiary/aromatic N) is 1. The van der Waals surface area contributed by atoms with E-state index in [2.05, 4.69) is 5.32 Å². The van der Waals surface area contributed by atoms with Crippen molar-refractivity contribution in [3.63, 3.8) is 0 Å². The van der Waals surface area contributed by atoms with E-state index in [1.807, 2.05) is 42.5 Å². The highest BCUT2D eigenvalue weighted by atomic mass is 16.2. The van der Waals surface area contributed by atoms with E-state index >= 15 is 0 Å². The predicted molar refractivity (Wildman–Crippen MR) is 101 cm³/mol. The summed E-state index contributed by atoms with van der Waals surface area (Å²) in [5.74, 6) is -0.781. The van der Waals surface area contributed by atoms with Gasteiger partial charge in [0, 0.05) is 24.3 Å². The number of benzene rings is 2. The third-order valence-electron chi connectivity index (χ3n) is 5.16. The van der Waals surface area contributed by atoms with Crippen molar-refractivity contribution >= 4 is 17.7 Å². The van der Waals surface area contributed by atoms with E-state index in [1.54, 1.807) is 6.07 Å². The Morgan fingerprint density at radius 1 is 1.00 bits per heavy atom. The number of aryl methyl sites for hydroxylation is 1. The molecule has 1 aliphatic heterocycles. The Hall–Kier alpha value is -3.21. The molecule has 0 spiro atoms. The molecule has 2 aromatic carbocycles. The number of carbonyl (C=O) groups is 3. The minimum atomic E-state index is -0.369. The van der Waals surface area contributed by atoms with E-state index in [0.29, 0.717) is 18.5 Å². The van der Waals surface area contributed by atoms with Crippen molar-refractivity contribution in [3.8, 4) is 0 Å². The van der Waals surface area contributed by atoms with Crippen molar-refractivity contribution in [2.24, 2.45) is 0 Å². The van der Waals surface area contributed by atoms with Crippen molar-refractivity contribution < 1.29 is 14.4 Å². The molecule has 0 fully saturated rings. The summed E-state index contributed by atoms with van der Waals surface area (Å²) in [7, 11) is 0. The summed E-state index contributed by atoms with van der Waals surface area (Å²) in [6.07, 6.45) is 4.74. The zero-order valence-electron chi connectivity index (χ0n) is 14.9. The number of carbonyl (C=O) groups excluding carboxylic acids is 3. The quantitative estimate of drug-likeness (QED) is 0.834. The smallest absolute Gasteiger partial charge is 0.254 e. The highest BCUT2D eigenvalue weighted by Crippen LogP contribution is 2.39. The Kier molecular flexibility index (Phi) is 4.59. The summed E-state index contributed by atoms with van der Waals surface area (Å²) in [5.41, 5.74) is 3.55. The summed E-state index contributed by atoms with van der Waals surface area (Å²) >= 11 is 0. The maximum Gasteiger partial charge on any atom is 0.254 e. The molecule has 1 N–H and O–H groups in total. The topological polar surface area (TPSA) is 66.5 Å². The first-order valence-corrected chi connectivity index (χ1v) is 9.14. The van der Waals surface area contributed by atoms with Crippen LogP contribution in [-0.4, -0.2) is 29.2 Å². The normalized spacial score (nSPS) is 18.1. The Morgan fingerprint density at radius 2 is 1.74 bits per heavy atom. The number of hydrogen-bond acceptors (Lipinski definition) is 3. The van der Waals surface area contributed by atoms with Crippen LogP contribution in [0.5, 0.6) is 0 Å². The van der Waals surface area contributed by atoms with Crippen LogP contribution in [0.15, 0.2) is 60.7 Å². The van der Waals surface area contributed by atoms with Gasteiger partial charge in [0.05, 0.1) is 6.04 Å². The molecular formula is C22H20N2O3. The number of rotatable bonds is 5. The van der Waals surface area contributed by atoms with Gasteiger partial charge in [-0.25, -0.2) is 0 Å². The van der Waals surface area contributed by atoms with Gasteiger partial charge in [-0.2, -0.15) is 0 Å². The van der Waals surface area contributed by atoms with E-state index in [0.717, 1.165) is 29.5 Å². The standard InChI is InChI=1S/C22H20N2O3/c25-19-11-12-20(26)24(19)18-10-9-16-7-4-8-17(21(16)18)22(27)23-14-13-15-5-2-1-3-6-15/h1-8,11-12,18H,9-10,13-14H2,(H,23,27)/t18-/m0/s1. The van der Waals surface area contributed by atoms with Crippen LogP contribution in [0.1, 0.15) is 39.5 Å². The molecule has 0 saturated carbocycles. The third kappa shape index (κ3) is 3.28. The molecule has 2 aliphatic rings. The molecule has 1 heterocycles. The molecule has 27 heavy (non-hydrogen) atoms. The fraction of sp³-hybridized carbons (Fsp3) is 0.227. The van der Waals surface area contributed by atoms with Gasteiger partial charge in [-0.1, -0.05) is 42.5 Å². The van der Waals surface area contributed by atoms with Gasteiger partial charge >= 0.3 is 0 Å². The van der Waals surface area contributed by atoms with Crippen LogP contribution in [0, 0.1) is 0 Å². The molecule has 0 radical (unpaired) electrons. The van der Waals surface area contributed by atoms with Gasteiger partial charge in [-0.15, -0.1) is 0 Å². The number of hydrogen-bond donors (Lipinski definition) is 1. The van der Waals surface area contributed by atoms with Crippen LogP contribution in [-0.2, 0) is 22.4 Å². The molecule has 5 heteroatoms. The number of amides is 3. The monoisotopic (exact) mass is 360 g/mol. The van der Waals surface area contributed by atoms with E-state index in [1.165, 1.54) is 17.1 Å². The van der Waals surface area contributed by atoms with E-state index in [9.17, 15) is 14.4 Å². The molecule has 3 amide bonds. The largest absolute Gasteiger partial charge is 0.352 e. The number of nitrogens with one attached hydrogen (secondary N) is 1. The molecule has 136 valence electrons. The van der Waals surface area contributed by atoms with Gasteiger partial charge in [-0.05, 0) is 42.0 Å². The van der Waals surface area contributed by atoms with Gasteiger partial charge in [0.2, 0.25) is 0 Å². The average Bonchev–Trinajstić information content (AvgIpc) is 3.25. The molecule has 1 atom stereocenters. The molecule has 0 unspecified atom stereocenters. The number of imide groups is 1. The van der Waals surface area contributed by atoms with Crippen molar-refractivity contribution in [1.82, 2.24) is 10.2 Å². The number of fused-ring (bicyclic) bond motifs is 1. The van der Waals surface area contributed by atoms with Crippen LogP contribution < -0.4 is 5.32 Å². The van der Waals surface area contributed by atoms with Gasteiger partial charge in [-0.3, -0.25) is 19.3 Å². The van der Waals surface area contributed by atoms with Crippen molar-refractivity contribution in [3.05, 3.63) is 82.9 Å². The maximum absolute atomic E-state index is 12.8. The second-order valence-corrected chi connectivity index (χ2v) is 6.80. The Labute approximate surface area is 157 Å². The summed E-state index contributed by atoms with van der Waals surface area (Å²) in [6, 6.07) is 15.2. The first-order chi connectivity index (χ1) is 13.1. The Bertz CT molecular complexity index is 916. The zero-order chi connectivity index (χ0) is 18.8. The molecule has 4 rings (SSSR count). The van der Waals surface area contributed by atoms with Crippen LogP contribution in [0.2, 0.25) is 0 Å². The first kappa shape index (κ1) is 17.2. The highest BCUT2D eigenvalue weighted by molar-refractivity contribution is 6.13. The summed E-state index contributed by atoms with van der Waals surface area (Å²) in [4.78, 5) is 38.3. The van der Waals surface area contributed by atoms with Crippen LogP contribution in [0.25, 0.3) is 0 Å². The van der Waals surface area contributed by atoms with E-state index in [4.69, 9.17) is 0 Å². The van der Waals surface area contributed by atoms with E-state index < -0.39 is 0 Å². The molecule has 5 nitrogen and oxygen atoms in total. The van der Waals surface area contributed by atoms with Crippen LogP contribution >= 0.6 is 0 Å². The van der Waals surface area contributed by atoms with E-state index in [-0.39, 0.29) is 23.8 Å². The SMILES string of the molecule is O=C(NCCc1ccccc1)c1cccc2c1[C@@H](N1C(=O)C=CC1=O)CC2.